The van der Waals surface area contributed by atoms with Crippen LogP contribution in [0.1, 0.15) is 37.7 Å². The number of carbonyl (C=O) groups is 2. The SMILES string of the molecule is COC(=O)c1c(C)[nH]c(C(=O)Nc2ccn(Cc3cccnc3)n2)c1C. The predicted octanol–water partition coefficient (Wildman–Crippen LogP) is 2.31. The van der Waals surface area contributed by atoms with Crippen molar-refractivity contribution in [2.45, 2.75) is 20.4 Å². The van der Waals surface area contributed by atoms with E-state index in [9.17, 15) is 9.59 Å². The molecule has 0 fully saturated rings. The number of pyridine rings is 1. The summed E-state index contributed by atoms with van der Waals surface area (Å²) < 4.78 is 6.47. The van der Waals surface area contributed by atoms with Crippen LogP contribution in [0.2, 0.25) is 0 Å². The molecule has 8 nitrogen and oxygen atoms in total. The first-order valence-electron chi connectivity index (χ1n) is 8.00. The molecule has 0 aromatic carbocycles. The predicted molar refractivity (Wildman–Crippen MR) is 95.1 cm³/mol. The lowest BCUT2D eigenvalue weighted by molar-refractivity contribution is 0.0599. The normalized spacial score (nSPS) is 10.6. The number of nitrogens with zero attached hydrogens (tertiary/aromatic N) is 3. The number of H-pyrrole nitrogens is 1. The van der Waals surface area contributed by atoms with Crippen molar-refractivity contribution in [3.8, 4) is 0 Å². The molecule has 3 rings (SSSR count). The van der Waals surface area contributed by atoms with E-state index in [4.69, 9.17) is 4.74 Å². The molecule has 8 heteroatoms. The summed E-state index contributed by atoms with van der Waals surface area (Å²) in [6.45, 7) is 3.97. The topological polar surface area (TPSA) is 102 Å². The van der Waals surface area contributed by atoms with Gasteiger partial charge >= 0.3 is 5.97 Å². The highest BCUT2D eigenvalue weighted by atomic mass is 16.5. The molecule has 134 valence electrons. The van der Waals surface area contributed by atoms with Gasteiger partial charge in [-0.1, -0.05) is 6.07 Å². The highest BCUT2D eigenvalue weighted by molar-refractivity contribution is 6.06. The van der Waals surface area contributed by atoms with Crippen LogP contribution in [-0.2, 0) is 11.3 Å². The minimum absolute atomic E-state index is 0.310. The fourth-order valence-electron chi connectivity index (χ4n) is 2.76. The van der Waals surface area contributed by atoms with E-state index >= 15 is 0 Å². The van der Waals surface area contributed by atoms with Crippen LogP contribution >= 0.6 is 0 Å². The van der Waals surface area contributed by atoms with Crippen molar-refractivity contribution in [2.24, 2.45) is 0 Å². The van der Waals surface area contributed by atoms with Gasteiger partial charge in [0.1, 0.15) is 5.69 Å². The molecule has 1 amide bonds. The van der Waals surface area contributed by atoms with Crippen molar-refractivity contribution in [3.63, 3.8) is 0 Å². The summed E-state index contributed by atoms with van der Waals surface area (Å²) in [5.74, 6) is -0.423. The second-order valence-electron chi connectivity index (χ2n) is 5.83. The monoisotopic (exact) mass is 353 g/mol. The van der Waals surface area contributed by atoms with E-state index in [0.29, 0.717) is 34.9 Å². The maximum Gasteiger partial charge on any atom is 0.339 e. The Morgan fingerprint density at radius 2 is 2.12 bits per heavy atom. The zero-order chi connectivity index (χ0) is 18.7. The Bertz CT molecular complexity index is 943. The molecule has 3 aromatic rings. The molecule has 0 aliphatic carbocycles. The van der Waals surface area contributed by atoms with Gasteiger partial charge in [-0.05, 0) is 31.0 Å². The molecule has 0 aliphatic heterocycles. The van der Waals surface area contributed by atoms with Crippen LogP contribution in [0, 0.1) is 13.8 Å². The molecular weight excluding hydrogens is 334 g/mol. The highest BCUT2D eigenvalue weighted by Gasteiger charge is 2.22. The summed E-state index contributed by atoms with van der Waals surface area (Å²) >= 11 is 0. The summed E-state index contributed by atoms with van der Waals surface area (Å²) in [6, 6.07) is 5.52. The molecule has 0 saturated carbocycles. The molecule has 0 bridgehead atoms. The standard InChI is InChI=1S/C18H19N5O3/c1-11-15(18(25)26-3)12(2)20-16(11)17(24)21-14-6-8-23(22-14)10-13-5-4-7-19-9-13/h4-9,20H,10H2,1-3H3,(H,21,22,24). The third kappa shape index (κ3) is 3.49. The lowest BCUT2D eigenvalue weighted by Crippen LogP contribution is -2.15. The first-order chi connectivity index (χ1) is 12.5. The molecule has 26 heavy (non-hydrogen) atoms. The number of esters is 1. The number of anilines is 1. The van der Waals surface area contributed by atoms with E-state index in [-0.39, 0.29) is 5.91 Å². The number of ether oxygens (including phenoxy) is 1. The minimum atomic E-state index is -0.476. The van der Waals surface area contributed by atoms with E-state index in [1.54, 1.807) is 43.2 Å². The number of hydrogen-bond acceptors (Lipinski definition) is 5. The van der Waals surface area contributed by atoms with Crippen molar-refractivity contribution >= 4 is 17.7 Å². The maximum absolute atomic E-state index is 12.5. The first kappa shape index (κ1) is 17.4. The molecular formula is C18H19N5O3. The third-order valence-electron chi connectivity index (χ3n) is 4.00. The van der Waals surface area contributed by atoms with Crippen molar-refractivity contribution in [3.05, 3.63) is 64.9 Å². The molecule has 0 spiro atoms. The number of amides is 1. The summed E-state index contributed by atoms with van der Waals surface area (Å²) in [7, 11) is 1.31. The second kappa shape index (κ2) is 7.22. The van der Waals surface area contributed by atoms with Crippen LogP contribution in [0.5, 0.6) is 0 Å². The van der Waals surface area contributed by atoms with Gasteiger partial charge in [0.25, 0.3) is 5.91 Å². The lowest BCUT2D eigenvalue weighted by Gasteiger charge is -2.03. The van der Waals surface area contributed by atoms with E-state index in [1.807, 2.05) is 12.1 Å². The van der Waals surface area contributed by atoms with Crippen LogP contribution in [-0.4, -0.2) is 38.7 Å². The van der Waals surface area contributed by atoms with Gasteiger partial charge in [0.05, 0.1) is 19.2 Å². The molecule has 2 N–H and O–H groups in total. The Morgan fingerprint density at radius 3 is 2.81 bits per heavy atom. The zero-order valence-electron chi connectivity index (χ0n) is 14.7. The molecule has 0 saturated heterocycles. The Hall–Kier alpha value is -3.42. The van der Waals surface area contributed by atoms with Gasteiger partial charge in [-0.3, -0.25) is 14.5 Å². The molecule has 3 heterocycles. The fourth-order valence-corrected chi connectivity index (χ4v) is 2.76. The largest absolute Gasteiger partial charge is 0.465 e. The smallest absolute Gasteiger partial charge is 0.339 e. The molecule has 0 atom stereocenters. The summed E-state index contributed by atoms with van der Waals surface area (Å²) in [5, 5.41) is 7.07. The number of nitrogens with one attached hydrogen (secondary N) is 2. The number of carbonyl (C=O) groups excluding carboxylic acids is 2. The summed E-state index contributed by atoms with van der Waals surface area (Å²) in [4.78, 5) is 31.4. The Labute approximate surface area is 150 Å². The average Bonchev–Trinajstić information content (AvgIpc) is 3.19. The van der Waals surface area contributed by atoms with Crippen LogP contribution in [0.3, 0.4) is 0 Å². The highest BCUT2D eigenvalue weighted by Crippen LogP contribution is 2.20. The Kier molecular flexibility index (Phi) is 4.83. The van der Waals surface area contributed by atoms with Gasteiger partial charge < -0.3 is 15.0 Å². The van der Waals surface area contributed by atoms with Crippen LogP contribution in [0.25, 0.3) is 0 Å². The van der Waals surface area contributed by atoms with Crippen molar-refractivity contribution in [1.29, 1.82) is 0 Å². The van der Waals surface area contributed by atoms with Crippen molar-refractivity contribution in [2.75, 3.05) is 12.4 Å². The van der Waals surface area contributed by atoms with Gasteiger partial charge in [-0.2, -0.15) is 5.10 Å². The Morgan fingerprint density at radius 1 is 1.31 bits per heavy atom. The number of rotatable bonds is 5. The summed E-state index contributed by atoms with van der Waals surface area (Å²) in [5.41, 5.74) is 2.82. The number of aryl methyl sites for hydroxylation is 1. The van der Waals surface area contributed by atoms with E-state index < -0.39 is 5.97 Å². The van der Waals surface area contributed by atoms with Crippen molar-refractivity contribution < 1.29 is 14.3 Å². The number of aromatic nitrogens is 4. The van der Waals surface area contributed by atoms with Gasteiger partial charge in [-0.15, -0.1) is 0 Å². The van der Waals surface area contributed by atoms with Gasteiger partial charge in [0.15, 0.2) is 5.82 Å². The number of methoxy groups -OCH3 is 1. The molecule has 0 unspecified atom stereocenters. The van der Waals surface area contributed by atoms with E-state index in [1.165, 1.54) is 7.11 Å². The number of hydrogen-bond donors (Lipinski definition) is 2. The first-order valence-corrected chi connectivity index (χ1v) is 8.00. The average molecular weight is 353 g/mol. The fraction of sp³-hybridized carbons (Fsp3) is 0.222. The second-order valence-corrected chi connectivity index (χ2v) is 5.83. The quantitative estimate of drug-likeness (QED) is 0.685. The Balaban J connectivity index is 1.74. The van der Waals surface area contributed by atoms with Gasteiger partial charge in [0, 0.05) is 30.4 Å². The third-order valence-corrected chi connectivity index (χ3v) is 4.00. The van der Waals surface area contributed by atoms with E-state index in [0.717, 1.165) is 5.56 Å². The summed E-state index contributed by atoms with van der Waals surface area (Å²) in [6.07, 6.45) is 5.25. The number of aromatic amines is 1. The molecule has 3 aromatic heterocycles. The van der Waals surface area contributed by atoms with Crippen molar-refractivity contribution in [1.82, 2.24) is 19.7 Å². The van der Waals surface area contributed by atoms with E-state index in [2.05, 4.69) is 20.4 Å². The van der Waals surface area contributed by atoms with Crippen LogP contribution < -0.4 is 5.32 Å². The lowest BCUT2D eigenvalue weighted by atomic mass is 10.1. The molecule has 0 aliphatic rings. The van der Waals surface area contributed by atoms with Crippen LogP contribution in [0.15, 0.2) is 36.8 Å². The maximum atomic E-state index is 12.5. The zero-order valence-corrected chi connectivity index (χ0v) is 14.7. The van der Waals surface area contributed by atoms with Crippen LogP contribution in [0.4, 0.5) is 5.82 Å². The van der Waals surface area contributed by atoms with Gasteiger partial charge in [0.2, 0.25) is 0 Å². The molecule has 0 radical (unpaired) electrons. The minimum Gasteiger partial charge on any atom is -0.465 e. The van der Waals surface area contributed by atoms with Gasteiger partial charge in [-0.25, -0.2) is 4.79 Å².